The van der Waals surface area contributed by atoms with Crippen molar-refractivity contribution >= 4 is 23.8 Å². The Bertz CT molecular complexity index is 336. The molecule has 0 saturated carbocycles. The van der Waals surface area contributed by atoms with Crippen molar-refractivity contribution in [2.45, 2.75) is 19.8 Å². The summed E-state index contributed by atoms with van der Waals surface area (Å²) in [4.78, 5) is 10.6. The predicted molar refractivity (Wildman–Crippen MR) is 63.6 cm³/mol. The lowest BCUT2D eigenvalue weighted by Gasteiger charge is -2.04. The highest BCUT2D eigenvalue weighted by atomic mass is 32.1. The minimum atomic E-state index is -0.224. The summed E-state index contributed by atoms with van der Waals surface area (Å²) in [5.74, 6) is 0.541. The van der Waals surface area contributed by atoms with Crippen molar-refractivity contribution in [1.29, 1.82) is 0 Å². The number of carbonyl (C=O) groups excluding carboxylic acids is 1. The zero-order chi connectivity index (χ0) is 10.6. The van der Waals surface area contributed by atoms with Crippen LogP contribution >= 0.6 is 12.6 Å². The Morgan fingerprint density at radius 3 is 2.29 bits per heavy atom. The summed E-state index contributed by atoms with van der Waals surface area (Å²) < 4.78 is 0. The zero-order valence-corrected chi connectivity index (χ0v) is 9.29. The van der Waals surface area contributed by atoms with Crippen LogP contribution in [0.15, 0.2) is 30.3 Å². The maximum absolute atomic E-state index is 10.6. The van der Waals surface area contributed by atoms with Crippen molar-refractivity contribution in [2.75, 3.05) is 0 Å². The summed E-state index contributed by atoms with van der Waals surface area (Å²) in [7, 11) is 0. The molecule has 0 bridgehead atoms. The van der Waals surface area contributed by atoms with E-state index in [9.17, 15) is 4.79 Å². The van der Waals surface area contributed by atoms with E-state index < -0.39 is 0 Å². The summed E-state index contributed by atoms with van der Waals surface area (Å²) in [6.07, 6.45) is 3.22. The number of carbonyl (C=O) groups is 1. The van der Waals surface area contributed by atoms with Gasteiger partial charge in [0.15, 0.2) is 0 Å². The molecule has 14 heavy (non-hydrogen) atoms. The summed E-state index contributed by atoms with van der Waals surface area (Å²) in [6, 6.07) is 8.16. The monoisotopic (exact) mass is 206 g/mol. The molecule has 0 amide bonds. The van der Waals surface area contributed by atoms with Crippen LogP contribution in [0.2, 0.25) is 0 Å². The number of rotatable bonds is 3. The molecule has 1 aromatic carbocycles. The molecule has 0 aliphatic rings. The van der Waals surface area contributed by atoms with E-state index in [0.29, 0.717) is 5.92 Å². The molecule has 0 fully saturated rings. The average molecular weight is 206 g/mol. The van der Waals surface area contributed by atoms with Crippen molar-refractivity contribution in [3.05, 3.63) is 41.5 Å². The molecular weight excluding hydrogens is 192 g/mol. The SMILES string of the molecule is CC(C)c1ccc(/C=C/C(=O)S)cc1. The highest BCUT2D eigenvalue weighted by molar-refractivity contribution is 7.97. The molecule has 0 aliphatic carbocycles. The standard InChI is InChI=1S/C12H14OS/c1-9(2)11-6-3-10(4-7-11)5-8-12(13)14/h3-9H,1-2H3,(H,13,14)/b8-5+. The van der Waals surface area contributed by atoms with Crippen molar-refractivity contribution in [3.8, 4) is 0 Å². The molecule has 1 nitrogen and oxygen atoms in total. The molecule has 74 valence electrons. The van der Waals surface area contributed by atoms with Gasteiger partial charge in [0, 0.05) is 0 Å². The molecule has 0 N–H and O–H groups in total. The number of thiol groups is 1. The topological polar surface area (TPSA) is 17.1 Å². The maximum Gasteiger partial charge on any atom is 0.209 e. The van der Waals surface area contributed by atoms with E-state index >= 15 is 0 Å². The summed E-state index contributed by atoms with van der Waals surface area (Å²) in [5, 5.41) is -0.224. The summed E-state index contributed by atoms with van der Waals surface area (Å²) in [6.45, 7) is 4.31. The molecular formula is C12H14OS. The van der Waals surface area contributed by atoms with Crippen LogP contribution in [-0.2, 0) is 4.79 Å². The quantitative estimate of drug-likeness (QED) is 0.593. The zero-order valence-electron chi connectivity index (χ0n) is 8.40. The molecule has 0 aliphatic heterocycles. The Morgan fingerprint density at radius 2 is 1.86 bits per heavy atom. The van der Waals surface area contributed by atoms with Gasteiger partial charge in [-0.2, -0.15) is 0 Å². The van der Waals surface area contributed by atoms with Gasteiger partial charge in [-0.3, -0.25) is 4.79 Å². The number of benzene rings is 1. The number of hydrogen-bond acceptors (Lipinski definition) is 1. The maximum atomic E-state index is 10.6. The molecule has 0 heterocycles. The van der Waals surface area contributed by atoms with Gasteiger partial charge in [0.25, 0.3) is 0 Å². The van der Waals surface area contributed by atoms with Gasteiger partial charge in [-0.1, -0.05) is 44.2 Å². The lowest BCUT2D eigenvalue weighted by atomic mass is 10.0. The van der Waals surface area contributed by atoms with Gasteiger partial charge in [-0.25, -0.2) is 0 Å². The van der Waals surface area contributed by atoms with Crippen LogP contribution in [0.5, 0.6) is 0 Å². The van der Waals surface area contributed by atoms with E-state index in [4.69, 9.17) is 0 Å². The van der Waals surface area contributed by atoms with E-state index in [2.05, 4.69) is 38.6 Å². The number of hydrogen-bond donors (Lipinski definition) is 1. The molecule has 0 saturated heterocycles. The van der Waals surface area contributed by atoms with E-state index in [1.807, 2.05) is 12.1 Å². The van der Waals surface area contributed by atoms with Crippen LogP contribution < -0.4 is 0 Å². The van der Waals surface area contributed by atoms with Crippen molar-refractivity contribution in [3.63, 3.8) is 0 Å². The normalized spacial score (nSPS) is 11.1. The third-order valence-electron chi connectivity index (χ3n) is 2.02. The highest BCUT2D eigenvalue weighted by Gasteiger charge is 1.96. The van der Waals surface area contributed by atoms with Crippen molar-refractivity contribution in [2.24, 2.45) is 0 Å². The largest absolute Gasteiger partial charge is 0.283 e. The highest BCUT2D eigenvalue weighted by Crippen LogP contribution is 2.15. The lowest BCUT2D eigenvalue weighted by molar-refractivity contribution is -0.106. The van der Waals surface area contributed by atoms with Crippen LogP contribution in [0, 0.1) is 0 Å². The van der Waals surface area contributed by atoms with E-state index in [1.54, 1.807) is 6.08 Å². The molecule has 0 aromatic heterocycles. The fourth-order valence-electron chi connectivity index (χ4n) is 1.16. The van der Waals surface area contributed by atoms with Gasteiger partial charge in [-0.15, -0.1) is 12.6 Å². The Kier molecular flexibility index (Phi) is 3.96. The Morgan fingerprint density at radius 1 is 1.29 bits per heavy atom. The second kappa shape index (κ2) is 5.01. The van der Waals surface area contributed by atoms with Gasteiger partial charge in [-0.05, 0) is 23.1 Å². The molecule has 1 aromatic rings. The Hall–Kier alpha value is -1.02. The fourth-order valence-corrected chi connectivity index (χ4v) is 1.23. The predicted octanol–water partition coefficient (Wildman–Crippen LogP) is 3.28. The van der Waals surface area contributed by atoms with Crippen molar-refractivity contribution < 1.29 is 4.79 Å². The minimum Gasteiger partial charge on any atom is -0.283 e. The molecule has 0 atom stereocenters. The molecule has 0 spiro atoms. The second-order valence-electron chi connectivity index (χ2n) is 3.49. The van der Waals surface area contributed by atoms with Gasteiger partial charge in [0.05, 0.1) is 0 Å². The first kappa shape index (κ1) is 11.1. The van der Waals surface area contributed by atoms with Crippen LogP contribution in [0.25, 0.3) is 6.08 Å². The first-order valence-electron chi connectivity index (χ1n) is 4.60. The first-order chi connectivity index (χ1) is 6.59. The van der Waals surface area contributed by atoms with Gasteiger partial charge in [0.2, 0.25) is 5.12 Å². The average Bonchev–Trinajstić information content (AvgIpc) is 2.15. The van der Waals surface area contributed by atoms with Crippen molar-refractivity contribution in [1.82, 2.24) is 0 Å². The lowest BCUT2D eigenvalue weighted by Crippen LogP contribution is -1.86. The van der Waals surface area contributed by atoms with E-state index in [0.717, 1.165) is 5.56 Å². The smallest absolute Gasteiger partial charge is 0.209 e. The van der Waals surface area contributed by atoms with E-state index in [1.165, 1.54) is 11.6 Å². The van der Waals surface area contributed by atoms with Gasteiger partial charge >= 0.3 is 0 Å². The molecule has 2 heteroatoms. The third-order valence-corrected chi connectivity index (χ3v) is 2.17. The molecule has 1 rings (SSSR count). The van der Waals surface area contributed by atoms with Gasteiger partial charge < -0.3 is 0 Å². The van der Waals surface area contributed by atoms with Crippen LogP contribution in [0.4, 0.5) is 0 Å². The van der Waals surface area contributed by atoms with Crippen LogP contribution in [-0.4, -0.2) is 5.12 Å². The Balaban J connectivity index is 2.78. The second-order valence-corrected chi connectivity index (χ2v) is 3.93. The fraction of sp³-hybridized carbons (Fsp3) is 0.250. The minimum absolute atomic E-state index is 0.224. The van der Waals surface area contributed by atoms with Gasteiger partial charge in [0.1, 0.15) is 0 Å². The third kappa shape index (κ3) is 3.38. The van der Waals surface area contributed by atoms with Crippen LogP contribution in [0.3, 0.4) is 0 Å². The van der Waals surface area contributed by atoms with Crippen LogP contribution in [0.1, 0.15) is 30.9 Å². The summed E-state index contributed by atoms with van der Waals surface area (Å²) >= 11 is 3.66. The molecule has 0 radical (unpaired) electrons. The summed E-state index contributed by atoms with van der Waals surface area (Å²) in [5.41, 5.74) is 2.33. The first-order valence-corrected chi connectivity index (χ1v) is 5.05. The molecule has 0 unspecified atom stereocenters. The van der Waals surface area contributed by atoms with E-state index in [-0.39, 0.29) is 5.12 Å². The Labute approximate surface area is 90.2 Å².